The highest BCUT2D eigenvalue weighted by Crippen LogP contribution is 2.31. The number of thiocarbonyl (C=S) groups is 1. The fourth-order valence-electron chi connectivity index (χ4n) is 2.17. The second-order valence-electron chi connectivity index (χ2n) is 5.10. The molecule has 25 heavy (non-hydrogen) atoms. The fourth-order valence-corrected chi connectivity index (χ4v) is 3.35. The summed E-state index contributed by atoms with van der Waals surface area (Å²) in [5, 5.41) is 1.10. The zero-order valence-electron chi connectivity index (χ0n) is 13.3. The van der Waals surface area contributed by atoms with Crippen LogP contribution in [0.3, 0.4) is 0 Å². The van der Waals surface area contributed by atoms with Gasteiger partial charge in [0.15, 0.2) is 4.32 Å². The Bertz CT molecular complexity index is 848. The second kappa shape index (κ2) is 7.50. The van der Waals surface area contributed by atoms with E-state index in [0.717, 1.165) is 22.3 Å². The molecule has 7 heteroatoms. The third kappa shape index (κ3) is 3.89. The number of methoxy groups -OCH3 is 1. The van der Waals surface area contributed by atoms with Crippen molar-refractivity contribution in [2.45, 2.75) is 0 Å². The van der Waals surface area contributed by atoms with Crippen molar-refractivity contribution < 1.29 is 14.3 Å². The molecule has 3 rings (SSSR count). The summed E-state index contributed by atoms with van der Waals surface area (Å²) in [6.45, 7) is 0. The van der Waals surface area contributed by atoms with Crippen LogP contribution in [0.5, 0.6) is 5.75 Å². The van der Waals surface area contributed by atoms with E-state index in [1.165, 1.54) is 0 Å². The van der Waals surface area contributed by atoms with Gasteiger partial charge in [0.1, 0.15) is 5.75 Å². The van der Waals surface area contributed by atoms with Crippen molar-refractivity contribution in [2.24, 2.45) is 0 Å². The number of carbonyl (C=O) groups excluding carboxylic acids is 2. The first-order valence-corrected chi connectivity index (χ1v) is 8.59. The molecule has 0 unspecified atom stereocenters. The number of hydrogen-bond acceptors (Lipinski definition) is 5. The molecule has 5 nitrogen and oxygen atoms in total. The molecule has 1 aliphatic heterocycles. The van der Waals surface area contributed by atoms with E-state index in [9.17, 15) is 9.59 Å². The van der Waals surface area contributed by atoms with Crippen LogP contribution in [0.15, 0.2) is 59.5 Å². The number of nitrogens with zero attached hydrogens (tertiary/aromatic N) is 1. The van der Waals surface area contributed by atoms with Crippen LogP contribution in [-0.2, 0) is 4.79 Å². The van der Waals surface area contributed by atoms with Gasteiger partial charge < -0.3 is 4.74 Å². The smallest absolute Gasteiger partial charge is 0.285 e. The minimum Gasteiger partial charge on any atom is -0.497 e. The van der Waals surface area contributed by atoms with Crippen molar-refractivity contribution >= 4 is 46.2 Å². The summed E-state index contributed by atoms with van der Waals surface area (Å²) < 4.78 is 5.35. The molecule has 0 aliphatic carbocycles. The summed E-state index contributed by atoms with van der Waals surface area (Å²) in [5.74, 6) is -0.117. The topological polar surface area (TPSA) is 58.6 Å². The first kappa shape index (κ1) is 17.2. The number of ether oxygens (including phenoxy) is 1. The highest BCUT2D eigenvalue weighted by molar-refractivity contribution is 8.26. The maximum Gasteiger partial charge on any atom is 0.285 e. The summed E-state index contributed by atoms with van der Waals surface area (Å²) in [7, 11) is 1.55. The lowest BCUT2D eigenvalue weighted by molar-refractivity contribution is -0.123. The molecule has 2 amide bonds. The van der Waals surface area contributed by atoms with Crippen molar-refractivity contribution in [3.8, 4) is 5.75 Å². The number of nitrogens with one attached hydrogen (secondary N) is 1. The minimum atomic E-state index is -0.417. The molecule has 0 radical (unpaired) electrons. The van der Waals surface area contributed by atoms with E-state index >= 15 is 0 Å². The Kier molecular flexibility index (Phi) is 5.16. The van der Waals surface area contributed by atoms with Crippen LogP contribution in [0.1, 0.15) is 15.9 Å². The van der Waals surface area contributed by atoms with E-state index in [0.29, 0.717) is 16.2 Å². The molecule has 0 bridgehead atoms. The van der Waals surface area contributed by atoms with E-state index in [1.54, 1.807) is 37.5 Å². The van der Waals surface area contributed by atoms with E-state index in [1.807, 2.05) is 30.3 Å². The molecule has 0 aromatic heterocycles. The van der Waals surface area contributed by atoms with Crippen LogP contribution in [0.2, 0.25) is 0 Å². The molecule has 1 heterocycles. The lowest BCUT2D eigenvalue weighted by Crippen LogP contribution is -2.44. The van der Waals surface area contributed by atoms with Crippen molar-refractivity contribution in [3.05, 3.63) is 70.6 Å². The number of thioether (sulfide) groups is 1. The Hall–Kier alpha value is -2.64. The monoisotopic (exact) mass is 370 g/mol. The van der Waals surface area contributed by atoms with Gasteiger partial charge in [-0.05, 0) is 48.1 Å². The maximum atomic E-state index is 12.5. The van der Waals surface area contributed by atoms with Gasteiger partial charge in [0, 0.05) is 5.56 Å². The molecule has 0 saturated carbocycles. The average molecular weight is 370 g/mol. The Labute approximate surface area is 154 Å². The fraction of sp³-hybridized carbons (Fsp3) is 0.0556. The zero-order valence-corrected chi connectivity index (χ0v) is 14.9. The van der Waals surface area contributed by atoms with E-state index < -0.39 is 5.91 Å². The van der Waals surface area contributed by atoms with Gasteiger partial charge in [-0.2, -0.15) is 5.01 Å². The quantitative estimate of drug-likeness (QED) is 0.661. The molecule has 0 atom stereocenters. The number of rotatable bonds is 4. The molecule has 2 aromatic carbocycles. The lowest BCUT2D eigenvalue weighted by Gasteiger charge is -2.15. The third-order valence-corrected chi connectivity index (χ3v) is 4.76. The van der Waals surface area contributed by atoms with Gasteiger partial charge in [-0.1, -0.05) is 42.1 Å². The Morgan fingerprint density at radius 2 is 1.84 bits per heavy atom. The van der Waals surface area contributed by atoms with Crippen molar-refractivity contribution in [1.82, 2.24) is 10.4 Å². The van der Waals surface area contributed by atoms with Crippen molar-refractivity contribution in [3.63, 3.8) is 0 Å². The summed E-state index contributed by atoms with van der Waals surface area (Å²) in [4.78, 5) is 25.3. The summed E-state index contributed by atoms with van der Waals surface area (Å²) in [5.41, 5.74) is 3.85. The summed E-state index contributed by atoms with van der Waals surface area (Å²) in [6, 6.07) is 16.0. The third-order valence-electron chi connectivity index (χ3n) is 3.46. The first-order chi connectivity index (χ1) is 12.1. The molecule has 1 saturated heterocycles. The molecule has 2 aromatic rings. The van der Waals surface area contributed by atoms with Gasteiger partial charge in [-0.15, -0.1) is 0 Å². The van der Waals surface area contributed by atoms with Crippen molar-refractivity contribution in [2.75, 3.05) is 7.11 Å². The van der Waals surface area contributed by atoms with Gasteiger partial charge >= 0.3 is 0 Å². The Balaban J connectivity index is 1.74. The zero-order chi connectivity index (χ0) is 17.8. The average Bonchev–Trinajstić information content (AvgIpc) is 2.90. The van der Waals surface area contributed by atoms with Crippen LogP contribution < -0.4 is 10.2 Å². The summed E-state index contributed by atoms with van der Waals surface area (Å²) in [6.07, 6.45) is 1.75. The number of amides is 2. The molecule has 126 valence electrons. The molecule has 1 fully saturated rings. The largest absolute Gasteiger partial charge is 0.497 e. The Morgan fingerprint density at radius 1 is 1.16 bits per heavy atom. The van der Waals surface area contributed by atoms with Gasteiger partial charge in [0.05, 0.1) is 12.0 Å². The summed E-state index contributed by atoms with van der Waals surface area (Å²) >= 11 is 6.37. The standard InChI is InChI=1S/C18H14N2O3S2/c1-23-14-9-7-13(8-10-14)16(21)19-20-17(22)15(25-18(20)24)11-12-5-3-2-4-6-12/h2-11H,1H3,(H,19,21). The van der Waals surface area contributed by atoms with Gasteiger partial charge in [0.2, 0.25) is 0 Å². The SMILES string of the molecule is COc1ccc(C(=O)NN2C(=O)C(=Cc3ccccc3)SC2=S)cc1. The van der Waals surface area contributed by atoms with Gasteiger partial charge in [-0.25, -0.2) is 0 Å². The van der Waals surface area contributed by atoms with Crippen LogP contribution >= 0.6 is 24.0 Å². The van der Waals surface area contributed by atoms with Crippen LogP contribution in [0.25, 0.3) is 6.08 Å². The molecule has 1 aliphatic rings. The number of carbonyl (C=O) groups is 2. The Morgan fingerprint density at radius 3 is 2.48 bits per heavy atom. The van der Waals surface area contributed by atoms with E-state index in [-0.39, 0.29) is 10.2 Å². The lowest BCUT2D eigenvalue weighted by atomic mass is 10.2. The molecular formula is C18H14N2O3S2. The number of hydrazine groups is 1. The second-order valence-corrected chi connectivity index (χ2v) is 6.77. The highest BCUT2D eigenvalue weighted by atomic mass is 32.2. The van der Waals surface area contributed by atoms with Gasteiger partial charge in [0.25, 0.3) is 11.8 Å². The van der Waals surface area contributed by atoms with Crippen LogP contribution in [0, 0.1) is 0 Å². The van der Waals surface area contributed by atoms with Gasteiger partial charge in [-0.3, -0.25) is 15.0 Å². The minimum absolute atomic E-state index is 0.286. The van der Waals surface area contributed by atoms with E-state index in [2.05, 4.69) is 5.43 Å². The normalized spacial score (nSPS) is 15.6. The van der Waals surface area contributed by atoms with Crippen molar-refractivity contribution in [1.29, 1.82) is 0 Å². The molecule has 0 spiro atoms. The van der Waals surface area contributed by atoms with Crippen LogP contribution in [0.4, 0.5) is 0 Å². The van der Waals surface area contributed by atoms with E-state index in [4.69, 9.17) is 17.0 Å². The maximum absolute atomic E-state index is 12.5. The van der Waals surface area contributed by atoms with Crippen LogP contribution in [-0.4, -0.2) is 28.3 Å². The highest BCUT2D eigenvalue weighted by Gasteiger charge is 2.33. The first-order valence-electron chi connectivity index (χ1n) is 7.36. The molecule has 1 N–H and O–H groups in total. The molecular weight excluding hydrogens is 356 g/mol. The predicted octanol–water partition coefficient (Wildman–Crippen LogP) is 3.24. The predicted molar refractivity (Wildman–Crippen MR) is 102 cm³/mol. The number of benzene rings is 2. The number of hydrogen-bond donors (Lipinski definition) is 1.